The minimum atomic E-state index is -0.797. The molecular formula is C6H11OPSi. The van der Waals surface area contributed by atoms with E-state index in [9.17, 15) is 0 Å². The highest BCUT2D eigenvalue weighted by Crippen LogP contribution is 2.23. The van der Waals surface area contributed by atoms with Gasteiger partial charge >= 0.3 is 0 Å². The molecule has 1 nitrogen and oxygen atoms in total. The Labute approximate surface area is 58.5 Å². The fourth-order valence-electron chi connectivity index (χ4n) is 0.632. The topological polar surface area (TPSA) is 9.23 Å². The maximum absolute atomic E-state index is 5.64. The number of rotatable bonds is 2. The molecule has 0 saturated heterocycles. The first kappa shape index (κ1) is 7.07. The third kappa shape index (κ3) is 2.35. The summed E-state index contributed by atoms with van der Waals surface area (Å²) in [4.78, 5) is 0. The van der Waals surface area contributed by atoms with Crippen LogP contribution in [0, 0.1) is 0 Å². The van der Waals surface area contributed by atoms with Crippen molar-refractivity contribution in [3.63, 3.8) is 0 Å². The SMILES string of the molecule is C[SiH](C)Op1cccc1. The average molecular weight is 158 g/mol. The van der Waals surface area contributed by atoms with Gasteiger partial charge in [0.15, 0.2) is 9.04 Å². The Hall–Kier alpha value is -0.0431. The van der Waals surface area contributed by atoms with Crippen LogP contribution >= 0.6 is 7.76 Å². The van der Waals surface area contributed by atoms with Gasteiger partial charge in [0, 0.05) is 0 Å². The monoisotopic (exact) mass is 158 g/mol. The second-order valence-corrected chi connectivity index (χ2v) is 6.45. The van der Waals surface area contributed by atoms with Crippen LogP contribution in [0.2, 0.25) is 13.1 Å². The second-order valence-electron chi connectivity index (χ2n) is 2.20. The van der Waals surface area contributed by atoms with E-state index in [1.807, 2.05) is 0 Å². The van der Waals surface area contributed by atoms with E-state index in [2.05, 4.69) is 36.8 Å². The third-order valence-corrected chi connectivity index (χ3v) is 4.50. The summed E-state index contributed by atoms with van der Waals surface area (Å²) in [6.45, 7) is 4.39. The zero-order valence-corrected chi connectivity index (χ0v) is 7.79. The molecule has 0 atom stereocenters. The maximum Gasteiger partial charge on any atom is 0.184 e. The molecule has 0 radical (unpaired) electrons. The van der Waals surface area contributed by atoms with Gasteiger partial charge < -0.3 is 4.21 Å². The Morgan fingerprint density at radius 3 is 2.22 bits per heavy atom. The van der Waals surface area contributed by atoms with Crippen molar-refractivity contribution in [2.24, 2.45) is 0 Å². The first-order valence-electron chi connectivity index (χ1n) is 3.09. The lowest BCUT2D eigenvalue weighted by Crippen LogP contribution is -2.07. The third-order valence-electron chi connectivity index (χ3n) is 0.910. The fraction of sp³-hybridized carbons (Fsp3) is 0.333. The van der Waals surface area contributed by atoms with E-state index >= 15 is 0 Å². The van der Waals surface area contributed by atoms with Crippen molar-refractivity contribution in [1.82, 2.24) is 0 Å². The first-order chi connectivity index (χ1) is 4.29. The lowest BCUT2D eigenvalue weighted by molar-refractivity contribution is 0.753. The van der Waals surface area contributed by atoms with E-state index in [1.54, 1.807) is 0 Å². The van der Waals surface area contributed by atoms with Gasteiger partial charge in [-0.15, -0.1) is 0 Å². The summed E-state index contributed by atoms with van der Waals surface area (Å²) in [5.74, 6) is 4.28. The minimum Gasteiger partial charge on any atom is -0.376 e. The molecule has 0 aliphatic heterocycles. The molecule has 1 aromatic rings. The van der Waals surface area contributed by atoms with Gasteiger partial charge in [-0.1, -0.05) is 12.1 Å². The second kappa shape index (κ2) is 3.21. The Kier molecular flexibility index (Phi) is 2.52. The Morgan fingerprint density at radius 2 is 1.78 bits per heavy atom. The predicted molar refractivity (Wildman–Crippen MR) is 44.6 cm³/mol. The predicted octanol–water partition coefficient (Wildman–Crippen LogP) is 2.09. The van der Waals surface area contributed by atoms with Crippen molar-refractivity contribution in [2.45, 2.75) is 13.1 Å². The van der Waals surface area contributed by atoms with Crippen LogP contribution in [0.15, 0.2) is 23.7 Å². The van der Waals surface area contributed by atoms with Gasteiger partial charge in [0.1, 0.15) is 0 Å². The normalized spacial score (nSPS) is 10.6. The highest BCUT2D eigenvalue weighted by atomic mass is 31.1. The van der Waals surface area contributed by atoms with E-state index < -0.39 is 9.04 Å². The van der Waals surface area contributed by atoms with E-state index in [-0.39, 0.29) is 7.76 Å². The molecule has 0 aromatic carbocycles. The zero-order chi connectivity index (χ0) is 6.69. The van der Waals surface area contributed by atoms with Gasteiger partial charge in [-0.3, -0.25) is 0 Å². The first-order valence-corrected chi connectivity index (χ1v) is 7.27. The van der Waals surface area contributed by atoms with Crippen molar-refractivity contribution in [1.29, 1.82) is 0 Å². The van der Waals surface area contributed by atoms with Crippen LogP contribution in [0.25, 0.3) is 0 Å². The molecule has 0 fully saturated rings. The molecule has 0 spiro atoms. The van der Waals surface area contributed by atoms with Crippen molar-refractivity contribution in [3.8, 4) is 0 Å². The summed E-state index contributed by atoms with van der Waals surface area (Å²) in [7, 11) is -1.08. The number of hydrogen-bond acceptors (Lipinski definition) is 1. The average Bonchev–Trinajstić information content (AvgIpc) is 2.15. The van der Waals surface area contributed by atoms with E-state index in [4.69, 9.17) is 4.21 Å². The zero-order valence-electron chi connectivity index (χ0n) is 5.74. The lowest BCUT2D eigenvalue weighted by Gasteiger charge is -2.02. The Morgan fingerprint density at radius 1 is 1.22 bits per heavy atom. The van der Waals surface area contributed by atoms with Crippen molar-refractivity contribution >= 4 is 16.8 Å². The summed E-state index contributed by atoms with van der Waals surface area (Å²) >= 11 is 0. The van der Waals surface area contributed by atoms with Gasteiger partial charge in [0.2, 0.25) is 0 Å². The van der Waals surface area contributed by atoms with Crippen LogP contribution < -0.4 is 4.21 Å². The fourth-order valence-corrected chi connectivity index (χ4v) is 3.78. The molecular weight excluding hydrogens is 147 g/mol. The van der Waals surface area contributed by atoms with Crippen LogP contribution in [0.3, 0.4) is 0 Å². The van der Waals surface area contributed by atoms with Crippen molar-refractivity contribution < 1.29 is 4.21 Å². The molecule has 9 heavy (non-hydrogen) atoms. The molecule has 0 unspecified atom stereocenters. The minimum absolute atomic E-state index is 0.284. The smallest absolute Gasteiger partial charge is 0.184 e. The van der Waals surface area contributed by atoms with Gasteiger partial charge in [0.05, 0.1) is 0 Å². The Balaban J connectivity index is 2.48. The largest absolute Gasteiger partial charge is 0.376 e. The van der Waals surface area contributed by atoms with Crippen LogP contribution in [-0.4, -0.2) is 9.04 Å². The molecule has 1 aromatic heterocycles. The highest BCUT2D eigenvalue weighted by Gasteiger charge is 1.95. The summed E-state index contributed by atoms with van der Waals surface area (Å²) < 4.78 is 5.64. The molecule has 3 heteroatoms. The molecule has 1 rings (SSSR count). The van der Waals surface area contributed by atoms with Crippen molar-refractivity contribution in [3.05, 3.63) is 23.7 Å². The van der Waals surface area contributed by atoms with Gasteiger partial charge in [-0.2, -0.15) is 0 Å². The summed E-state index contributed by atoms with van der Waals surface area (Å²) in [5, 5.41) is 0. The van der Waals surface area contributed by atoms with E-state index in [0.717, 1.165) is 0 Å². The van der Waals surface area contributed by atoms with Crippen LogP contribution in [0.1, 0.15) is 0 Å². The van der Waals surface area contributed by atoms with E-state index in [0.29, 0.717) is 0 Å². The standard InChI is InChI=1S/C6H11OPSi/c1-9(2)7-8-5-3-4-6-8/h3-6,9H,1-2H3. The van der Waals surface area contributed by atoms with Crippen LogP contribution in [0.4, 0.5) is 0 Å². The van der Waals surface area contributed by atoms with Gasteiger partial charge in [-0.25, -0.2) is 0 Å². The molecule has 0 aliphatic carbocycles. The van der Waals surface area contributed by atoms with Gasteiger partial charge in [-0.05, 0) is 32.5 Å². The summed E-state index contributed by atoms with van der Waals surface area (Å²) in [5.41, 5.74) is 0. The van der Waals surface area contributed by atoms with Crippen molar-refractivity contribution in [2.75, 3.05) is 0 Å². The quantitative estimate of drug-likeness (QED) is 0.599. The molecule has 0 amide bonds. The molecule has 50 valence electrons. The highest BCUT2D eigenvalue weighted by molar-refractivity contribution is 7.45. The van der Waals surface area contributed by atoms with Gasteiger partial charge in [0.25, 0.3) is 0 Å². The van der Waals surface area contributed by atoms with Crippen LogP contribution in [0.5, 0.6) is 0 Å². The summed E-state index contributed by atoms with van der Waals surface area (Å²) in [6, 6.07) is 4.12. The molecule has 0 N–H and O–H groups in total. The molecule has 0 bridgehead atoms. The molecule has 0 saturated carbocycles. The Bertz CT molecular complexity index is 160. The molecule has 1 heterocycles. The van der Waals surface area contributed by atoms with E-state index in [1.165, 1.54) is 0 Å². The maximum atomic E-state index is 5.64. The number of hydrogen-bond donors (Lipinski definition) is 0. The summed E-state index contributed by atoms with van der Waals surface area (Å²) in [6.07, 6.45) is 0. The lowest BCUT2D eigenvalue weighted by atomic mass is 10.7. The molecule has 0 aliphatic rings. The van der Waals surface area contributed by atoms with Crippen LogP contribution in [-0.2, 0) is 0 Å².